The minimum atomic E-state index is -1.05. The van der Waals surface area contributed by atoms with Crippen LogP contribution in [0.2, 0.25) is 0 Å². The molecule has 0 spiro atoms. The van der Waals surface area contributed by atoms with Crippen molar-refractivity contribution in [3.63, 3.8) is 0 Å². The van der Waals surface area contributed by atoms with Gasteiger partial charge < -0.3 is 10.4 Å². The summed E-state index contributed by atoms with van der Waals surface area (Å²) in [5, 5.41) is 18.8. The number of amides is 2. The van der Waals surface area contributed by atoms with Crippen molar-refractivity contribution in [3.8, 4) is 0 Å². The van der Waals surface area contributed by atoms with Gasteiger partial charge >= 0.3 is 6.09 Å². The second kappa shape index (κ2) is 5.08. The Morgan fingerprint density at radius 2 is 2.00 bits per heavy atom. The lowest BCUT2D eigenvalue weighted by Crippen LogP contribution is -2.39. The Balaban J connectivity index is 1.86. The molecule has 2 heterocycles. The van der Waals surface area contributed by atoms with Crippen LogP contribution in [0.5, 0.6) is 0 Å². The summed E-state index contributed by atoms with van der Waals surface area (Å²) < 4.78 is 12.9. The first-order valence-electron chi connectivity index (χ1n) is 6.96. The highest BCUT2D eigenvalue weighted by Gasteiger charge is 2.43. The van der Waals surface area contributed by atoms with Gasteiger partial charge in [0.2, 0.25) is 0 Å². The van der Waals surface area contributed by atoms with E-state index < -0.39 is 23.4 Å². The fourth-order valence-corrected chi connectivity index (χ4v) is 2.71. The van der Waals surface area contributed by atoms with Crippen LogP contribution < -0.4 is 5.32 Å². The van der Waals surface area contributed by atoms with Crippen LogP contribution in [0.25, 0.3) is 0 Å². The molecule has 0 saturated carbocycles. The fourth-order valence-electron chi connectivity index (χ4n) is 2.71. The lowest BCUT2D eigenvalue weighted by molar-refractivity contribution is 0.0978. The first-order valence-corrected chi connectivity index (χ1v) is 6.96. The Hall–Kier alpha value is -2.90. The average molecular weight is 318 g/mol. The Kier molecular flexibility index (Phi) is 3.32. The van der Waals surface area contributed by atoms with Crippen LogP contribution in [0.3, 0.4) is 0 Å². The molecule has 0 saturated heterocycles. The standard InChI is InChI=1S/C15H15FN4O3/c1-15(2)11-10(7-20(15)14(22)23)12(19-18-11)17-13(21)8-3-5-9(16)6-4-8/h3-6H,7H2,1-2H3,(H,22,23)(H2,17,18,19,21). The number of nitrogens with one attached hydrogen (secondary N) is 2. The molecule has 0 unspecified atom stereocenters. The molecule has 23 heavy (non-hydrogen) atoms. The van der Waals surface area contributed by atoms with Crippen molar-refractivity contribution in [1.29, 1.82) is 0 Å². The van der Waals surface area contributed by atoms with Gasteiger partial charge in [0.1, 0.15) is 5.82 Å². The van der Waals surface area contributed by atoms with E-state index in [-0.39, 0.29) is 17.9 Å². The molecule has 0 bridgehead atoms. The Labute approximate surface area is 131 Å². The first kappa shape index (κ1) is 15.0. The van der Waals surface area contributed by atoms with Gasteiger partial charge in [-0.25, -0.2) is 9.18 Å². The zero-order chi connectivity index (χ0) is 16.8. The van der Waals surface area contributed by atoms with Crippen molar-refractivity contribution < 1.29 is 19.1 Å². The molecule has 2 amide bonds. The van der Waals surface area contributed by atoms with Crippen molar-refractivity contribution >= 4 is 17.8 Å². The summed E-state index contributed by atoms with van der Waals surface area (Å²) >= 11 is 0. The van der Waals surface area contributed by atoms with Crippen molar-refractivity contribution in [1.82, 2.24) is 15.1 Å². The van der Waals surface area contributed by atoms with E-state index in [1.807, 2.05) is 0 Å². The largest absolute Gasteiger partial charge is 0.465 e. The summed E-state index contributed by atoms with van der Waals surface area (Å²) in [6.45, 7) is 3.65. The lowest BCUT2D eigenvalue weighted by atomic mass is 10.0. The van der Waals surface area contributed by atoms with Crippen molar-refractivity contribution in [2.75, 3.05) is 5.32 Å². The van der Waals surface area contributed by atoms with Gasteiger partial charge in [0.05, 0.1) is 17.8 Å². The second-order valence-corrected chi connectivity index (χ2v) is 5.81. The second-order valence-electron chi connectivity index (χ2n) is 5.81. The summed E-state index contributed by atoms with van der Waals surface area (Å²) in [6, 6.07) is 5.12. The topological polar surface area (TPSA) is 98.3 Å². The number of carbonyl (C=O) groups excluding carboxylic acids is 1. The Morgan fingerprint density at radius 1 is 1.35 bits per heavy atom. The molecular weight excluding hydrogens is 303 g/mol. The number of rotatable bonds is 2. The van der Waals surface area contributed by atoms with Gasteiger partial charge in [-0.3, -0.25) is 14.8 Å². The first-order chi connectivity index (χ1) is 10.8. The van der Waals surface area contributed by atoms with Crippen LogP contribution in [-0.4, -0.2) is 32.2 Å². The molecule has 3 N–H and O–H groups in total. The Morgan fingerprint density at radius 3 is 2.61 bits per heavy atom. The summed E-state index contributed by atoms with van der Waals surface area (Å²) in [5.41, 5.74) is 0.810. The molecule has 7 nitrogen and oxygen atoms in total. The molecule has 1 aliphatic heterocycles. The number of halogens is 1. The highest BCUT2D eigenvalue weighted by molar-refractivity contribution is 6.04. The van der Waals surface area contributed by atoms with E-state index in [9.17, 15) is 19.1 Å². The molecule has 0 atom stereocenters. The number of anilines is 1. The molecule has 0 fully saturated rings. The number of carboxylic acid groups (broad SMARTS) is 1. The SMILES string of the molecule is CC1(C)c2[nH]nc(NC(=O)c3ccc(F)cc3)c2CN1C(=O)O. The predicted octanol–water partition coefficient (Wildman–Crippen LogP) is 2.53. The minimum Gasteiger partial charge on any atom is -0.465 e. The zero-order valence-electron chi connectivity index (χ0n) is 12.6. The molecule has 0 radical (unpaired) electrons. The quantitative estimate of drug-likeness (QED) is 0.792. The van der Waals surface area contributed by atoms with Gasteiger partial charge in [-0.05, 0) is 38.1 Å². The van der Waals surface area contributed by atoms with E-state index >= 15 is 0 Å². The third-order valence-corrected chi connectivity index (χ3v) is 4.04. The number of hydrogen-bond donors (Lipinski definition) is 3. The highest BCUT2D eigenvalue weighted by atomic mass is 19.1. The monoisotopic (exact) mass is 318 g/mol. The van der Waals surface area contributed by atoms with Gasteiger partial charge in [-0.2, -0.15) is 5.10 Å². The number of aromatic amines is 1. The summed E-state index contributed by atoms with van der Waals surface area (Å²) in [5.74, 6) is -0.585. The number of hydrogen-bond acceptors (Lipinski definition) is 3. The highest BCUT2D eigenvalue weighted by Crippen LogP contribution is 2.40. The molecule has 1 aromatic heterocycles. The third-order valence-electron chi connectivity index (χ3n) is 4.04. The average Bonchev–Trinajstić information content (AvgIpc) is 2.99. The van der Waals surface area contributed by atoms with E-state index in [1.165, 1.54) is 29.2 Å². The van der Waals surface area contributed by atoms with Gasteiger partial charge in [0, 0.05) is 11.1 Å². The molecule has 2 aromatic rings. The number of fused-ring (bicyclic) bond motifs is 1. The molecule has 8 heteroatoms. The van der Waals surface area contributed by atoms with E-state index in [0.717, 1.165) is 0 Å². The van der Waals surface area contributed by atoms with Crippen molar-refractivity contribution in [3.05, 3.63) is 46.9 Å². The smallest absolute Gasteiger partial charge is 0.408 e. The predicted molar refractivity (Wildman–Crippen MR) is 79.5 cm³/mol. The maximum Gasteiger partial charge on any atom is 0.408 e. The van der Waals surface area contributed by atoms with Gasteiger partial charge in [0.15, 0.2) is 5.82 Å². The number of aromatic nitrogens is 2. The van der Waals surface area contributed by atoms with E-state index in [2.05, 4.69) is 15.5 Å². The van der Waals surface area contributed by atoms with Crippen LogP contribution in [0.15, 0.2) is 24.3 Å². The van der Waals surface area contributed by atoms with Crippen LogP contribution in [0, 0.1) is 5.82 Å². The molecular formula is C15H15FN4O3. The van der Waals surface area contributed by atoms with Crippen LogP contribution in [0.1, 0.15) is 35.5 Å². The zero-order valence-corrected chi connectivity index (χ0v) is 12.6. The summed E-state index contributed by atoms with van der Waals surface area (Å²) in [4.78, 5) is 24.8. The van der Waals surface area contributed by atoms with Crippen molar-refractivity contribution in [2.45, 2.75) is 25.9 Å². The van der Waals surface area contributed by atoms with Gasteiger partial charge in [0.25, 0.3) is 5.91 Å². The molecule has 1 aromatic carbocycles. The third kappa shape index (κ3) is 2.41. The van der Waals surface area contributed by atoms with E-state index in [1.54, 1.807) is 13.8 Å². The van der Waals surface area contributed by atoms with Crippen molar-refractivity contribution in [2.24, 2.45) is 0 Å². The maximum absolute atomic E-state index is 12.9. The van der Waals surface area contributed by atoms with Crippen LogP contribution in [0.4, 0.5) is 15.0 Å². The summed E-state index contributed by atoms with van der Waals surface area (Å²) in [6.07, 6.45) is -1.05. The van der Waals surface area contributed by atoms with Crippen LogP contribution in [-0.2, 0) is 12.1 Å². The Bertz CT molecular complexity index is 783. The molecule has 120 valence electrons. The maximum atomic E-state index is 12.9. The number of H-pyrrole nitrogens is 1. The summed E-state index contributed by atoms with van der Waals surface area (Å²) in [7, 11) is 0. The molecule has 1 aliphatic rings. The van der Waals surface area contributed by atoms with Gasteiger partial charge in [-0.1, -0.05) is 0 Å². The van der Waals surface area contributed by atoms with Gasteiger partial charge in [-0.15, -0.1) is 0 Å². The lowest BCUT2D eigenvalue weighted by Gasteiger charge is -2.28. The normalized spacial score (nSPS) is 15.3. The molecule has 0 aliphatic carbocycles. The van der Waals surface area contributed by atoms with E-state index in [0.29, 0.717) is 11.3 Å². The number of benzene rings is 1. The fraction of sp³-hybridized carbons (Fsp3) is 0.267. The van der Waals surface area contributed by atoms with E-state index in [4.69, 9.17) is 0 Å². The number of nitrogens with zero attached hydrogens (tertiary/aromatic N) is 2. The van der Waals surface area contributed by atoms with Crippen LogP contribution >= 0.6 is 0 Å². The minimum absolute atomic E-state index is 0.132. The molecule has 3 rings (SSSR count). The number of carbonyl (C=O) groups is 2.